The van der Waals surface area contributed by atoms with Crippen molar-refractivity contribution in [3.63, 3.8) is 0 Å². The van der Waals surface area contributed by atoms with Crippen LogP contribution in [0, 0.1) is 0 Å². The van der Waals surface area contributed by atoms with Crippen LogP contribution in [0.25, 0.3) is 0 Å². The van der Waals surface area contributed by atoms with Crippen molar-refractivity contribution in [3.05, 3.63) is 23.8 Å². The molecule has 3 rings (SSSR count). The number of fused-ring (bicyclic) bond motifs is 1. The number of carbonyl (C=O) groups is 1. The average molecular weight is 273 g/mol. The molecule has 0 aromatic heterocycles. The minimum Gasteiger partial charge on any atom is -0.371 e. The lowest BCUT2D eigenvalue weighted by molar-refractivity contribution is -0.117. The Balaban J connectivity index is 1.83. The maximum absolute atomic E-state index is 12.0. The van der Waals surface area contributed by atoms with E-state index >= 15 is 0 Å². The van der Waals surface area contributed by atoms with E-state index < -0.39 is 0 Å². The summed E-state index contributed by atoms with van der Waals surface area (Å²) in [6, 6.07) is 6.21. The molecule has 1 amide bonds. The monoisotopic (exact) mass is 273 g/mol. The quantitative estimate of drug-likeness (QED) is 0.890. The summed E-state index contributed by atoms with van der Waals surface area (Å²) in [4.78, 5) is 14.4. The number of hydrogen-bond donors (Lipinski definition) is 2. The normalized spacial score (nSPS) is 22.4. The molecule has 2 aliphatic rings. The predicted molar refractivity (Wildman–Crippen MR) is 82.2 cm³/mol. The molecule has 1 aromatic rings. The topological polar surface area (TPSA) is 44.4 Å². The number of rotatable bonds is 3. The molecule has 2 aliphatic heterocycles. The predicted octanol–water partition coefficient (Wildman–Crippen LogP) is 2.67. The van der Waals surface area contributed by atoms with Gasteiger partial charge in [0.2, 0.25) is 5.91 Å². The highest BCUT2D eigenvalue weighted by atomic mass is 16.2. The molecule has 4 nitrogen and oxygen atoms in total. The number of hydrogen-bond acceptors (Lipinski definition) is 3. The Hall–Kier alpha value is -1.55. The first kappa shape index (κ1) is 13.4. The summed E-state index contributed by atoms with van der Waals surface area (Å²) in [6.07, 6.45) is 5.20. The minimum atomic E-state index is -0.187. The summed E-state index contributed by atoms with van der Waals surface area (Å²) in [6.45, 7) is 5.08. The number of amides is 1. The maximum Gasteiger partial charge on any atom is 0.246 e. The van der Waals surface area contributed by atoms with Crippen LogP contribution in [0.4, 0.5) is 11.4 Å². The Morgan fingerprint density at radius 1 is 1.25 bits per heavy atom. The number of benzene rings is 1. The second-order valence-electron chi connectivity index (χ2n) is 5.65. The van der Waals surface area contributed by atoms with Gasteiger partial charge in [0.05, 0.1) is 0 Å². The number of carbonyl (C=O) groups excluding carboxylic acids is 1. The van der Waals surface area contributed by atoms with E-state index in [-0.39, 0.29) is 11.9 Å². The lowest BCUT2D eigenvalue weighted by Gasteiger charge is -2.23. The lowest BCUT2D eigenvalue weighted by Crippen LogP contribution is -2.27. The molecule has 2 N–H and O–H groups in total. The van der Waals surface area contributed by atoms with Gasteiger partial charge in [-0.25, -0.2) is 0 Å². The zero-order valence-corrected chi connectivity index (χ0v) is 12.1. The third-order valence-electron chi connectivity index (χ3n) is 4.25. The molecule has 1 saturated heterocycles. The fraction of sp³-hybridized carbons (Fsp3) is 0.562. The van der Waals surface area contributed by atoms with E-state index in [4.69, 9.17) is 0 Å². The van der Waals surface area contributed by atoms with Gasteiger partial charge in [-0.05, 0) is 31.5 Å². The fourth-order valence-corrected chi connectivity index (χ4v) is 3.18. The van der Waals surface area contributed by atoms with Crippen LogP contribution in [-0.2, 0) is 4.79 Å². The van der Waals surface area contributed by atoms with Crippen LogP contribution in [0.2, 0.25) is 0 Å². The number of anilines is 2. The van der Waals surface area contributed by atoms with Crippen molar-refractivity contribution in [2.45, 2.75) is 38.6 Å². The molecule has 1 fully saturated rings. The summed E-state index contributed by atoms with van der Waals surface area (Å²) in [5.74, 6) is 0.0647. The van der Waals surface area contributed by atoms with Gasteiger partial charge in [-0.3, -0.25) is 4.79 Å². The van der Waals surface area contributed by atoms with E-state index in [0.29, 0.717) is 0 Å². The largest absolute Gasteiger partial charge is 0.371 e. The Kier molecular flexibility index (Phi) is 3.92. The molecular weight excluding hydrogens is 250 g/mol. The highest BCUT2D eigenvalue weighted by Gasteiger charge is 2.30. The molecule has 0 radical (unpaired) electrons. The van der Waals surface area contributed by atoms with Crippen molar-refractivity contribution < 1.29 is 4.79 Å². The standard InChI is InChI=1S/C16H23N3O/c1-2-17-15-13-8-7-12(11-14(13)18-16(15)20)19-9-5-3-4-6-10-19/h7-8,11,15,17H,2-6,9-10H2,1H3,(H,18,20). The summed E-state index contributed by atoms with van der Waals surface area (Å²) in [5, 5.41) is 6.23. The van der Waals surface area contributed by atoms with Crippen LogP contribution in [0.1, 0.15) is 44.2 Å². The number of nitrogens with zero attached hydrogens (tertiary/aromatic N) is 1. The van der Waals surface area contributed by atoms with Crippen molar-refractivity contribution in [3.8, 4) is 0 Å². The Morgan fingerprint density at radius 2 is 2.00 bits per heavy atom. The van der Waals surface area contributed by atoms with Gasteiger partial charge >= 0.3 is 0 Å². The Bertz CT molecular complexity index is 492. The van der Waals surface area contributed by atoms with Crippen LogP contribution < -0.4 is 15.5 Å². The molecule has 1 unspecified atom stereocenters. The second kappa shape index (κ2) is 5.83. The molecule has 20 heavy (non-hydrogen) atoms. The van der Waals surface area contributed by atoms with Gasteiger partial charge in [0.1, 0.15) is 6.04 Å². The summed E-state index contributed by atoms with van der Waals surface area (Å²) in [5.41, 5.74) is 3.29. The van der Waals surface area contributed by atoms with Crippen LogP contribution in [0.5, 0.6) is 0 Å². The molecule has 1 aromatic carbocycles. The minimum absolute atomic E-state index is 0.0647. The van der Waals surface area contributed by atoms with Crippen molar-refractivity contribution in [1.82, 2.24) is 5.32 Å². The smallest absolute Gasteiger partial charge is 0.246 e. The lowest BCUT2D eigenvalue weighted by atomic mass is 10.1. The first-order valence-corrected chi connectivity index (χ1v) is 7.72. The van der Waals surface area contributed by atoms with Gasteiger partial charge < -0.3 is 15.5 Å². The molecule has 0 saturated carbocycles. The molecule has 108 valence electrons. The van der Waals surface area contributed by atoms with Crippen LogP contribution >= 0.6 is 0 Å². The van der Waals surface area contributed by atoms with Gasteiger partial charge in [-0.15, -0.1) is 0 Å². The molecule has 0 spiro atoms. The first-order chi connectivity index (χ1) is 9.79. The van der Waals surface area contributed by atoms with E-state index in [0.717, 1.165) is 30.9 Å². The van der Waals surface area contributed by atoms with E-state index in [2.05, 4.69) is 33.7 Å². The molecule has 1 atom stereocenters. The molecular formula is C16H23N3O. The second-order valence-corrected chi connectivity index (χ2v) is 5.65. The van der Waals surface area contributed by atoms with Crippen LogP contribution in [0.3, 0.4) is 0 Å². The van der Waals surface area contributed by atoms with Crippen LogP contribution in [-0.4, -0.2) is 25.5 Å². The van der Waals surface area contributed by atoms with Gasteiger partial charge in [-0.2, -0.15) is 0 Å². The Morgan fingerprint density at radius 3 is 2.70 bits per heavy atom. The zero-order chi connectivity index (χ0) is 13.9. The molecule has 0 aliphatic carbocycles. The number of likely N-dealkylation sites (N-methyl/N-ethyl adjacent to an activating group) is 1. The Labute approximate surface area is 120 Å². The summed E-state index contributed by atoms with van der Waals surface area (Å²) in [7, 11) is 0. The first-order valence-electron chi connectivity index (χ1n) is 7.72. The molecule has 0 bridgehead atoms. The highest BCUT2D eigenvalue weighted by Crippen LogP contribution is 2.34. The van der Waals surface area contributed by atoms with Gasteiger partial charge in [0.25, 0.3) is 0 Å². The van der Waals surface area contributed by atoms with E-state index in [9.17, 15) is 4.79 Å². The van der Waals surface area contributed by atoms with Crippen molar-refractivity contribution in [1.29, 1.82) is 0 Å². The van der Waals surface area contributed by atoms with E-state index in [1.54, 1.807) is 0 Å². The van der Waals surface area contributed by atoms with E-state index in [1.807, 2.05) is 6.92 Å². The summed E-state index contributed by atoms with van der Waals surface area (Å²) < 4.78 is 0. The number of nitrogens with one attached hydrogen (secondary N) is 2. The van der Waals surface area contributed by atoms with Gasteiger partial charge in [-0.1, -0.05) is 25.8 Å². The zero-order valence-electron chi connectivity index (χ0n) is 12.1. The third kappa shape index (κ3) is 2.52. The van der Waals surface area contributed by atoms with Crippen LogP contribution in [0.15, 0.2) is 18.2 Å². The van der Waals surface area contributed by atoms with E-state index in [1.165, 1.54) is 31.4 Å². The third-order valence-corrected chi connectivity index (χ3v) is 4.25. The van der Waals surface area contributed by atoms with Gasteiger partial charge in [0, 0.05) is 30.0 Å². The molecule has 4 heteroatoms. The maximum atomic E-state index is 12.0. The highest BCUT2D eigenvalue weighted by molar-refractivity contribution is 6.03. The average Bonchev–Trinajstić information content (AvgIpc) is 2.66. The van der Waals surface area contributed by atoms with Crippen molar-refractivity contribution >= 4 is 17.3 Å². The van der Waals surface area contributed by atoms with Crippen molar-refractivity contribution in [2.24, 2.45) is 0 Å². The van der Waals surface area contributed by atoms with Crippen molar-refractivity contribution in [2.75, 3.05) is 29.9 Å². The fourth-order valence-electron chi connectivity index (χ4n) is 3.18. The molecule has 2 heterocycles. The SMILES string of the molecule is CCNC1C(=O)Nc2cc(N3CCCCCC3)ccc21. The van der Waals surface area contributed by atoms with Gasteiger partial charge in [0.15, 0.2) is 0 Å². The summed E-state index contributed by atoms with van der Waals surface area (Å²) >= 11 is 0.